The molecule has 0 fully saturated rings. The minimum absolute atomic E-state index is 0.0692. The number of nitrogens with two attached hydrogens (primary N) is 1. The fourth-order valence-corrected chi connectivity index (χ4v) is 4.89. The average molecular weight is 464 g/mol. The Hall–Kier alpha value is -3.37. The molecule has 0 saturated carbocycles. The van der Waals surface area contributed by atoms with Crippen LogP contribution in [0.4, 0.5) is 5.82 Å². The SMILES string of the molecule is Cc1cc(-c2c(C#N)c(N)nc(SCc3csc(-c4ccc(Cl)cc4)n3)c2C#N)n[nH]1. The third-order valence-electron chi connectivity index (χ3n) is 4.38. The average Bonchev–Trinajstić information content (AvgIpc) is 3.41. The molecule has 3 aromatic heterocycles. The van der Waals surface area contributed by atoms with Gasteiger partial charge in [0.05, 0.1) is 17.0 Å². The number of benzene rings is 1. The second-order valence-corrected chi connectivity index (χ2v) is 8.79. The van der Waals surface area contributed by atoms with E-state index < -0.39 is 0 Å². The standard InChI is InChI=1S/C21H14ClN7S2/c1-11-6-17(29-28-11)18-15(7-23)19(25)27-21(16(18)8-24)31-10-14-9-30-20(26-14)12-2-4-13(22)5-3-12/h2-6,9H,10H2,1H3,(H2,25,27)(H,28,29). The number of thioether (sulfide) groups is 1. The fraction of sp³-hybridized carbons (Fsp3) is 0.0952. The van der Waals surface area contributed by atoms with Crippen molar-refractivity contribution in [3.63, 3.8) is 0 Å². The first-order valence-electron chi connectivity index (χ1n) is 8.99. The highest BCUT2D eigenvalue weighted by atomic mass is 35.5. The van der Waals surface area contributed by atoms with Crippen LogP contribution in [-0.4, -0.2) is 20.2 Å². The van der Waals surface area contributed by atoms with Crippen LogP contribution in [0.3, 0.4) is 0 Å². The van der Waals surface area contributed by atoms with E-state index in [2.05, 4.69) is 32.3 Å². The predicted molar refractivity (Wildman–Crippen MR) is 123 cm³/mol. The van der Waals surface area contributed by atoms with Gasteiger partial charge >= 0.3 is 0 Å². The molecule has 152 valence electrons. The van der Waals surface area contributed by atoms with Crippen molar-refractivity contribution in [3.8, 4) is 34.0 Å². The van der Waals surface area contributed by atoms with Crippen LogP contribution in [0.1, 0.15) is 22.5 Å². The molecule has 0 amide bonds. The number of nitrogen functional groups attached to an aromatic ring is 1. The molecule has 31 heavy (non-hydrogen) atoms. The molecule has 10 heteroatoms. The molecule has 0 atom stereocenters. The maximum Gasteiger partial charge on any atom is 0.143 e. The molecule has 0 radical (unpaired) electrons. The van der Waals surface area contributed by atoms with Crippen LogP contribution in [-0.2, 0) is 5.75 Å². The zero-order valence-electron chi connectivity index (χ0n) is 16.2. The lowest BCUT2D eigenvalue weighted by Crippen LogP contribution is -2.03. The van der Waals surface area contributed by atoms with Gasteiger partial charge in [-0.2, -0.15) is 15.6 Å². The summed E-state index contributed by atoms with van der Waals surface area (Å²) in [6.07, 6.45) is 0. The number of nitrogens with zero attached hydrogens (tertiary/aromatic N) is 5. The van der Waals surface area contributed by atoms with E-state index in [1.807, 2.05) is 36.6 Å². The molecule has 3 N–H and O–H groups in total. The number of aromatic amines is 1. The first kappa shape index (κ1) is 20.9. The van der Waals surface area contributed by atoms with Crippen molar-refractivity contribution in [2.45, 2.75) is 17.7 Å². The van der Waals surface area contributed by atoms with Crippen molar-refractivity contribution in [3.05, 3.63) is 63.2 Å². The largest absolute Gasteiger partial charge is 0.383 e. The van der Waals surface area contributed by atoms with Gasteiger partial charge in [-0.15, -0.1) is 11.3 Å². The quantitative estimate of drug-likeness (QED) is 0.390. The molecule has 1 aromatic carbocycles. The van der Waals surface area contributed by atoms with Crippen molar-refractivity contribution >= 4 is 40.5 Å². The molecule has 3 heterocycles. The Bertz CT molecular complexity index is 1340. The van der Waals surface area contributed by atoms with Crippen LogP contribution in [0.25, 0.3) is 21.8 Å². The van der Waals surface area contributed by atoms with Gasteiger partial charge in [0.1, 0.15) is 33.6 Å². The molecule has 7 nitrogen and oxygen atoms in total. The topological polar surface area (TPSA) is 128 Å². The van der Waals surface area contributed by atoms with Gasteiger partial charge in [0, 0.05) is 33.0 Å². The number of aromatic nitrogens is 4. The van der Waals surface area contributed by atoms with Crippen LogP contribution >= 0.6 is 34.7 Å². The summed E-state index contributed by atoms with van der Waals surface area (Å²) in [5, 5.41) is 30.4. The van der Waals surface area contributed by atoms with E-state index in [4.69, 9.17) is 17.3 Å². The number of H-pyrrole nitrogens is 1. The highest BCUT2D eigenvalue weighted by Gasteiger charge is 2.22. The third-order valence-corrected chi connectivity index (χ3v) is 6.58. The second-order valence-electron chi connectivity index (χ2n) is 6.53. The van der Waals surface area contributed by atoms with Crippen molar-refractivity contribution in [1.29, 1.82) is 10.5 Å². The van der Waals surface area contributed by atoms with E-state index in [0.29, 0.717) is 27.1 Å². The number of halogens is 1. The van der Waals surface area contributed by atoms with E-state index in [0.717, 1.165) is 22.0 Å². The normalized spacial score (nSPS) is 10.6. The lowest BCUT2D eigenvalue weighted by atomic mass is 10.0. The number of pyridine rings is 1. The summed E-state index contributed by atoms with van der Waals surface area (Å²) in [4.78, 5) is 8.98. The molecule has 0 spiro atoms. The summed E-state index contributed by atoms with van der Waals surface area (Å²) in [7, 11) is 0. The van der Waals surface area contributed by atoms with Gasteiger partial charge in [-0.25, -0.2) is 9.97 Å². The van der Waals surface area contributed by atoms with Gasteiger partial charge in [-0.3, -0.25) is 5.10 Å². The van der Waals surface area contributed by atoms with Gasteiger partial charge in [0.2, 0.25) is 0 Å². The Balaban J connectivity index is 1.65. The number of thiazole rings is 1. The molecule has 4 rings (SSSR count). The van der Waals surface area contributed by atoms with Crippen LogP contribution < -0.4 is 5.73 Å². The molecule has 0 aliphatic heterocycles. The summed E-state index contributed by atoms with van der Waals surface area (Å²) in [5.41, 5.74) is 9.99. The zero-order valence-corrected chi connectivity index (χ0v) is 18.6. The molecule has 0 aliphatic rings. The lowest BCUT2D eigenvalue weighted by Gasteiger charge is -2.10. The van der Waals surface area contributed by atoms with E-state index >= 15 is 0 Å². The van der Waals surface area contributed by atoms with Crippen LogP contribution in [0.15, 0.2) is 40.7 Å². The van der Waals surface area contributed by atoms with Gasteiger partial charge < -0.3 is 5.73 Å². The van der Waals surface area contributed by atoms with E-state index in [-0.39, 0.29) is 16.9 Å². The second kappa shape index (κ2) is 8.78. The number of anilines is 1. The number of rotatable bonds is 5. The van der Waals surface area contributed by atoms with Crippen molar-refractivity contribution in [2.75, 3.05) is 5.73 Å². The highest BCUT2D eigenvalue weighted by molar-refractivity contribution is 7.98. The number of aryl methyl sites for hydroxylation is 1. The Labute approximate surface area is 191 Å². The monoisotopic (exact) mass is 463 g/mol. The molecule has 0 aliphatic carbocycles. The van der Waals surface area contributed by atoms with Crippen molar-refractivity contribution in [1.82, 2.24) is 20.2 Å². The summed E-state index contributed by atoms with van der Waals surface area (Å²) in [5.74, 6) is 0.565. The van der Waals surface area contributed by atoms with Gasteiger partial charge in [-0.1, -0.05) is 35.5 Å². The van der Waals surface area contributed by atoms with Crippen LogP contribution in [0.2, 0.25) is 5.02 Å². The maximum absolute atomic E-state index is 9.83. The molecular formula is C21H14ClN7S2. The number of hydrogen-bond acceptors (Lipinski definition) is 8. The summed E-state index contributed by atoms with van der Waals surface area (Å²) >= 11 is 8.83. The molecule has 0 bridgehead atoms. The van der Waals surface area contributed by atoms with E-state index in [1.54, 1.807) is 6.07 Å². The Kier molecular flexibility index (Phi) is 5.92. The molecular weight excluding hydrogens is 450 g/mol. The first-order valence-corrected chi connectivity index (χ1v) is 11.2. The minimum atomic E-state index is 0.0692. The lowest BCUT2D eigenvalue weighted by molar-refractivity contribution is 1.04. The zero-order chi connectivity index (χ0) is 22.0. The first-order chi connectivity index (χ1) is 15.0. The van der Waals surface area contributed by atoms with E-state index in [1.165, 1.54) is 23.1 Å². The number of nitriles is 2. The highest BCUT2D eigenvalue weighted by Crippen LogP contribution is 2.36. The van der Waals surface area contributed by atoms with Gasteiger partial charge in [0.15, 0.2) is 0 Å². The van der Waals surface area contributed by atoms with Crippen LogP contribution in [0, 0.1) is 29.6 Å². The Morgan fingerprint density at radius 3 is 2.55 bits per heavy atom. The Morgan fingerprint density at radius 1 is 1.16 bits per heavy atom. The summed E-state index contributed by atoms with van der Waals surface area (Å²) < 4.78 is 0. The van der Waals surface area contributed by atoms with Crippen molar-refractivity contribution < 1.29 is 0 Å². The predicted octanol–water partition coefficient (Wildman–Crippen LogP) is 5.17. The molecule has 0 saturated heterocycles. The summed E-state index contributed by atoms with van der Waals surface area (Å²) in [6.45, 7) is 1.84. The fourth-order valence-electron chi connectivity index (χ4n) is 2.95. The molecule has 4 aromatic rings. The van der Waals surface area contributed by atoms with Gasteiger partial charge in [-0.05, 0) is 25.1 Å². The molecule has 0 unspecified atom stereocenters. The third kappa shape index (κ3) is 4.25. The number of hydrogen-bond donors (Lipinski definition) is 2. The van der Waals surface area contributed by atoms with Crippen LogP contribution in [0.5, 0.6) is 0 Å². The number of nitrogens with one attached hydrogen (secondary N) is 1. The van der Waals surface area contributed by atoms with Crippen molar-refractivity contribution in [2.24, 2.45) is 0 Å². The maximum atomic E-state index is 9.83. The minimum Gasteiger partial charge on any atom is -0.383 e. The summed E-state index contributed by atoms with van der Waals surface area (Å²) in [6, 6.07) is 13.5. The van der Waals surface area contributed by atoms with Gasteiger partial charge in [0.25, 0.3) is 0 Å². The Morgan fingerprint density at radius 2 is 1.90 bits per heavy atom. The van der Waals surface area contributed by atoms with E-state index in [9.17, 15) is 10.5 Å². The smallest absolute Gasteiger partial charge is 0.143 e.